The fourth-order valence-electron chi connectivity index (χ4n) is 2.48. The first-order chi connectivity index (χ1) is 9.70. The molecule has 3 N–H and O–H groups in total. The largest absolute Gasteiger partial charge is 0.508 e. The Kier molecular flexibility index (Phi) is 3.56. The number of phenols is 1. The number of benzene rings is 1. The van der Waals surface area contributed by atoms with Gasteiger partial charge in [0.25, 0.3) is 0 Å². The van der Waals surface area contributed by atoms with Crippen molar-refractivity contribution in [3.8, 4) is 5.75 Å². The summed E-state index contributed by atoms with van der Waals surface area (Å²) >= 11 is 0. The molecule has 0 radical (unpaired) electrons. The van der Waals surface area contributed by atoms with E-state index in [9.17, 15) is 5.11 Å². The minimum absolute atomic E-state index is 0.276. The maximum absolute atomic E-state index is 9.47. The zero-order chi connectivity index (χ0) is 13.9. The lowest BCUT2D eigenvalue weighted by molar-refractivity contribution is 0.474. The standard InChI is InChI=1S/C14H19N5O/c1-10-9-19(6-5-15-10)14-16-13(17-18-14)8-11-3-2-4-12(20)7-11/h2-4,7,10,15,20H,5-6,8-9H2,1H3,(H,16,17,18)/t10-/m1/s1. The third kappa shape index (κ3) is 2.91. The van der Waals surface area contributed by atoms with Gasteiger partial charge in [-0.1, -0.05) is 12.1 Å². The number of aromatic hydroxyl groups is 1. The minimum atomic E-state index is 0.276. The van der Waals surface area contributed by atoms with Crippen molar-refractivity contribution in [2.45, 2.75) is 19.4 Å². The fourth-order valence-corrected chi connectivity index (χ4v) is 2.48. The Balaban J connectivity index is 1.70. The summed E-state index contributed by atoms with van der Waals surface area (Å²) in [5.74, 6) is 1.85. The SMILES string of the molecule is C[C@@H]1CN(c2n[nH]c(Cc3cccc(O)c3)n2)CCN1. The minimum Gasteiger partial charge on any atom is -0.508 e. The number of H-pyrrole nitrogens is 1. The van der Waals surface area contributed by atoms with Gasteiger partial charge in [0.2, 0.25) is 5.95 Å². The molecule has 2 aromatic rings. The number of nitrogens with zero attached hydrogens (tertiary/aromatic N) is 3. The van der Waals surface area contributed by atoms with Crippen molar-refractivity contribution in [1.29, 1.82) is 0 Å². The van der Waals surface area contributed by atoms with Gasteiger partial charge in [0.15, 0.2) is 0 Å². The number of anilines is 1. The summed E-state index contributed by atoms with van der Waals surface area (Å²) in [7, 11) is 0. The molecular formula is C14H19N5O. The van der Waals surface area contributed by atoms with E-state index >= 15 is 0 Å². The van der Waals surface area contributed by atoms with E-state index in [1.165, 1.54) is 0 Å². The molecular weight excluding hydrogens is 254 g/mol. The highest BCUT2D eigenvalue weighted by Crippen LogP contribution is 2.15. The number of phenolic OH excluding ortho intramolecular Hbond substituents is 1. The molecule has 20 heavy (non-hydrogen) atoms. The number of hydrogen-bond acceptors (Lipinski definition) is 5. The third-order valence-corrected chi connectivity index (χ3v) is 3.45. The van der Waals surface area contributed by atoms with E-state index in [2.05, 4.69) is 32.3 Å². The molecule has 0 unspecified atom stereocenters. The van der Waals surface area contributed by atoms with Gasteiger partial charge in [-0.05, 0) is 24.6 Å². The zero-order valence-corrected chi connectivity index (χ0v) is 11.5. The van der Waals surface area contributed by atoms with Crippen LogP contribution in [0.3, 0.4) is 0 Å². The highest BCUT2D eigenvalue weighted by molar-refractivity contribution is 5.33. The molecule has 1 aromatic heterocycles. The molecule has 0 saturated carbocycles. The van der Waals surface area contributed by atoms with Crippen LogP contribution in [0.25, 0.3) is 0 Å². The van der Waals surface area contributed by atoms with Crippen LogP contribution in [0.15, 0.2) is 24.3 Å². The summed E-state index contributed by atoms with van der Waals surface area (Å²) in [6.45, 7) is 4.96. The van der Waals surface area contributed by atoms with Crippen LogP contribution < -0.4 is 10.2 Å². The number of hydrogen-bond donors (Lipinski definition) is 3. The number of aromatic nitrogens is 3. The van der Waals surface area contributed by atoms with Gasteiger partial charge in [-0.2, -0.15) is 4.98 Å². The van der Waals surface area contributed by atoms with Crippen LogP contribution in [0.1, 0.15) is 18.3 Å². The van der Waals surface area contributed by atoms with Gasteiger partial charge in [0.1, 0.15) is 11.6 Å². The van der Waals surface area contributed by atoms with E-state index in [-0.39, 0.29) is 5.75 Å². The Morgan fingerprint density at radius 3 is 3.15 bits per heavy atom. The summed E-state index contributed by atoms with van der Waals surface area (Å²) in [6, 6.07) is 7.66. The predicted molar refractivity (Wildman–Crippen MR) is 77.0 cm³/mol. The van der Waals surface area contributed by atoms with Gasteiger partial charge in [0.05, 0.1) is 0 Å². The van der Waals surface area contributed by atoms with Crippen molar-refractivity contribution in [1.82, 2.24) is 20.5 Å². The molecule has 6 nitrogen and oxygen atoms in total. The molecule has 0 bridgehead atoms. The Morgan fingerprint density at radius 1 is 1.45 bits per heavy atom. The molecule has 3 rings (SSSR count). The molecule has 6 heteroatoms. The topological polar surface area (TPSA) is 77.1 Å². The molecule has 0 amide bonds. The van der Waals surface area contributed by atoms with Crippen molar-refractivity contribution in [3.05, 3.63) is 35.7 Å². The Bertz CT molecular complexity index is 582. The molecule has 1 atom stereocenters. The second kappa shape index (κ2) is 5.50. The van der Waals surface area contributed by atoms with E-state index in [1.54, 1.807) is 12.1 Å². The summed E-state index contributed by atoms with van der Waals surface area (Å²) in [4.78, 5) is 6.73. The quantitative estimate of drug-likeness (QED) is 0.774. The van der Waals surface area contributed by atoms with Crippen molar-refractivity contribution >= 4 is 5.95 Å². The molecule has 1 saturated heterocycles. The first-order valence-electron chi connectivity index (χ1n) is 6.88. The van der Waals surface area contributed by atoms with Crippen LogP contribution in [-0.4, -0.2) is 46.0 Å². The van der Waals surface area contributed by atoms with Crippen LogP contribution in [-0.2, 0) is 6.42 Å². The maximum atomic E-state index is 9.47. The Morgan fingerprint density at radius 2 is 2.35 bits per heavy atom. The van der Waals surface area contributed by atoms with Crippen molar-refractivity contribution in [3.63, 3.8) is 0 Å². The van der Waals surface area contributed by atoms with Crippen molar-refractivity contribution < 1.29 is 5.11 Å². The lowest BCUT2D eigenvalue weighted by atomic mass is 10.1. The molecule has 1 aliphatic heterocycles. The van der Waals surface area contributed by atoms with Gasteiger partial charge in [-0.25, -0.2) is 0 Å². The second-order valence-electron chi connectivity index (χ2n) is 5.23. The lowest BCUT2D eigenvalue weighted by Crippen LogP contribution is -2.49. The summed E-state index contributed by atoms with van der Waals surface area (Å²) in [6.07, 6.45) is 0.642. The molecule has 106 valence electrons. The highest BCUT2D eigenvalue weighted by atomic mass is 16.3. The van der Waals surface area contributed by atoms with E-state index in [1.807, 2.05) is 12.1 Å². The van der Waals surface area contributed by atoms with Crippen LogP contribution >= 0.6 is 0 Å². The lowest BCUT2D eigenvalue weighted by Gasteiger charge is -2.30. The molecule has 0 aliphatic carbocycles. The van der Waals surface area contributed by atoms with E-state index in [0.29, 0.717) is 12.5 Å². The Hall–Kier alpha value is -2.08. The number of piperazine rings is 1. The number of nitrogens with one attached hydrogen (secondary N) is 2. The summed E-state index contributed by atoms with van der Waals surface area (Å²) < 4.78 is 0. The average molecular weight is 273 g/mol. The summed E-state index contributed by atoms with van der Waals surface area (Å²) in [5.41, 5.74) is 1.02. The maximum Gasteiger partial charge on any atom is 0.244 e. The smallest absolute Gasteiger partial charge is 0.244 e. The average Bonchev–Trinajstić information content (AvgIpc) is 2.87. The zero-order valence-electron chi connectivity index (χ0n) is 11.5. The fraction of sp³-hybridized carbons (Fsp3) is 0.429. The van der Waals surface area contributed by atoms with Gasteiger partial charge in [-0.15, -0.1) is 5.10 Å². The van der Waals surface area contributed by atoms with E-state index in [0.717, 1.165) is 37.0 Å². The highest BCUT2D eigenvalue weighted by Gasteiger charge is 2.19. The van der Waals surface area contributed by atoms with Gasteiger partial charge >= 0.3 is 0 Å². The van der Waals surface area contributed by atoms with E-state index in [4.69, 9.17) is 0 Å². The molecule has 1 fully saturated rings. The van der Waals surface area contributed by atoms with Crippen LogP contribution in [0.5, 0.6) is 5.75 Å². The van der Waals surface area contributed by atoms with Crippen LogP contribution in [0, 0.1) is 0 Å². The van der Waals surface area contributed by atoms with Crippen molar-refractivity contribution in [2.75, 3.05) is 24.5 Å². The van der Waals surface area contributed by atoms with Crippen molar-refractivity contribution in [2.24, 2.45) is 0 Å². The van der Waals surface area contributed by atoms with Gasteiger partial charge < -0.3 is 15.3 Å². The van der Waals surface area contributed by atoms with Gasteiger partial charge in [-0.3, -0.25) is 5.10 Å². The Labute approximate surface area is 117 Å². The second-order valence-corrected chi connectivity index (χ2v) is 5.23. The molecule has 1 aliphatic rings. The monoisotopic (exact) mass is 273 g/mol. The predicted octanol–water partition coefficient (Wildman–Crippen LogP) is 0.899. The molecule has 2 heterocycles. The van der Waals surface area contributed by atoms with Crippen LogP contribution in [0.4, 0.5) is 5.95 Å². The number of rotatable bonds is 3. The summed E-state index contributed by atoms with van der Waals surface area (Å²) in [5, 5.41) is 20.1. The van der Waals surface area contributed by atoms with E-state index < -0.39 is 0 Å². The third-order valence-electron chi connectivity index (χ3n) is 3.45. The molecule has 0 spiro atoms. The normalized spacial score (nSPS) is 19.2. The van der Waals surface area contributed by atoms with Gasteiger partial charge in [0, 0.05) is 32.1 Å². The first kappa shape index (κ1) is 12.9. The first-order valence-corrected chi connectivity index (χ1v) is 6.88. The van der Waals surface area contributed by atoms with Crippen LogP contribution in [0.2, 0.25) is 0 Å². The number of aromatic amines is 1. The molecule has 1 aromatic carbocycles.